The number of hydrogen-bond donors (Lipinski definition) is 1. The van der Waals surface area contributed by atoms with Crippen LogP contribution in [-0.4, -0.2) is 68.3 Å². The minimum absolute atomic E-state index is 0.779. The summed E-state index contributed by atoms with van der Waals surface area (Å²) in [6, 6.07) is 0.779. The van der Waals surface area contributed by atoms with Crippen molar-refractivity contribution in [1.29, 1.82) is 0 Å². The number of unbranched alkanes of at least 4 members (excludes halogenated alkanes) is 1. The van der Waals surface area contributed by atoms with E-state index in [0.717, 1.165) is 38.9 Å². The van der Waals surface area contributed by atoms with Gasteiger partial charge >= 0.3 is 0 Å². The average molecular weight is 227 g/mol. The second kappa shape index (κ2) is 6.55. The molecule has 0 amide bonds. The first-order valence-electron chi connectivity index (χ1n) is 6.64. The van der Waals surface area contributed by atoms with Gasteiger partial charge in [0.15, 0.2) is 0 Å². The van der Waals surface area contributed by atoms with Gasteiger partial charge in [-0.25, -0.2) is 0 Å². The average Bonchev–Trinajstić information content (AvgIpc) is 2.79. The molecule has 0 radical (unpaired) electrons. The molecule has 1 unspecified atom stereocenters. The maximum Gasteiger partial charge on any atom is 0.0594 e. The Morgan fingerprint density at radius 1 is 1.12 bits per heavy atom. The molecule has 4 nitrogen and oxygen atoms in total. The highest BCUT2D eigenvalue weighted by Crippen LogP contribution is 2.17. The first kappa shape index (κ1) is 12.3. The van der Waals surface area contributed by atoms with Crippen LogP contribution in [0.15, 0.2) is 0 Å². The third-order valence-electron chi connectivity index (χ3n) is 3.74. The van der Waals surface area contributed by atoms with E-state index < -0.39 is 0 Å². The predicted molar refractivity (Wildman–Crippen MR) is 65.5 cm³/mol. The summed E-state index contributed by atoms with van der Waals surface area (Å²) in [6.45, 7) is 8.69. The van der Waals surface area contributed by atoms with Gasteiger partial charge in [-0.15, -0.1) is 0 Å². The van der Waals surface area contributed by atoms with E-state index in [1.165, 1.54) is 38.9 Å². The molecule has 2 heterocycles. The van der Waals surface area contributed by atoms with E-state index in [1.54, 1.807) is 0 Å². The lowest BCUT2D eigenvalue weighted by Crippen LogP contribution is -2.44. The largest absolute Gasteiger partial charge is 0.379 e. The van der Waals surface area contributed by atoms with Crippen molar-refractivity contribution >= 4 is 0 Å². The molecule has 4 heteroatoms. The van der Waals surface area contributed by atoms with Crippen LogP contribution in [0.1, 0.15) is 19.3 Å². The standard InChI is InChI=1S/C12H25N3O/c13-4-1-2-5-14-6-3-12(11-14)15-7-9-16-10-8-15/h12H,1-11,13H2. The molecule has 2 aliphatic heterocycles. The summed E-state index contributed by atoms with van der Waals surface area (Å²) in [5.41, 5.74) is 5.52. The van der Waals surface area contributed by atoms with Gasteiger partial charge in [-0.2, -0.15) is 0 Å². The Kier molecular flexibility index (Phi) is 5.03. The van der Waals surface area contributed by atoms with Gasteiger partial charge in [0.1, 0.15) is 0 Å². The molecule has 2 aliphatic rings. The number of nitrogens with zero attached hydrogens (tertiary/aromatic N) is 2. The van der Waals surface area contributed by atoms with Crippen LogP contribution in [0, 0.1) is 0 Å². The van der Waals surface area contributed by atoms with Crippen LogP contribution < -0.4 is 5.73 Å². The van der Waals surface area contributed by atoms with Crippen LogP contribution in [0.25, 0.3) is 0 Å². The fourth-order valence-corrected chi connectivity index (χ4v) is 2.74. The molecule has 0 aromatic heterocycles. The number of ether oxygens (including phenoxy) is 1. The molecule has 2 N–H and O–H groups in total. The molecule has 2 fully saturated rings. The van der Waals surface area contributed by atoms with Crippen LogP contribution in [0.3, 0.4) is 0 Å². The first-order valence-corrected chi connectivity index (χ1v) is 6.64. The third-order valence-corrected chi connectivity index (χ3v) is 3.74. The molecule has 1 atom stereocenters. The van der Waals surface area contributed by atoms with Crippen molar-refractivity contribution in [2.45, 2.75) is 25.3 Å². The molecule has 0 bridgehead atoms. The van der Waals surface area contributed by atoms with Gasteiger partial charge in [0.2, 0.25) is 0 Å². The van der Waals surface area contributed by atoms with Crippen molar-refractivity contribution in [3.05, 3.63) is 0 Å². The van der Waals surface area contributed by atoms with E-state index in [1.807, 2.05) is 0 Å². The van der Waals surface area contributed by atoms with Gasteiger partial charge in [0.25, 0.3) is 0 Å². The number of morpholine rings is 1. The SMILES string of the molecule is NCCCCN1CCC(N2CCOCC2)C1. The normalized spacial score (nSPS) is 28.7. The van der Waals surface area contributed by atoms with E-state index in [-0.39, 0.29) is 0 Å². The van der Waals surface area contributed by atoms with Crippen molar-refractivity contribution in [1.82, 2.24) is 9.80 Å². The Hall–Kier alpha value is -0.160. The summed E-state index contributed by atoms with van der Waals surface area (Å²) in [5, 5.41) is 0. The summed E-state index contributed by atoms with van der Waals surface area (Å²) < 4.78 is 5.40. The molecule has 2 saturated heterocycles. The van der Waals surface area contributed by atoms with E-state index in [4.69, 9.17) is 10.5 Å². The minimum Gasteiger partial charge on any atom is -0.379 e. The van der Waals surface area contributed by atoms with Gasteiger partial charge in [-0.3, -0.25) is 4.90 Å². The monoisotopic (exact) mass is 227 g/mol. The molecular formula is C12H25N3O. The zero-order valence-electron chi connectivity index (χ0n) is 10.2. The lowest BCUT2D eigenvalue weighted by atomic mass is 10.2. The molecule has 94 valence electrons. The quantitative estimate of drug-likeness (QED) is 0.678. The summed E-state index contributed by atoms with van der Waals surface area (Å²) >= 11 is 0. The van der Waals surface area contributed by atoms with Gasteiger partial charge in [0, 0.05) is 25.7 Å². The van der Waals surface area contributed by atoms with Gasteiger partial charge in [0.05, 0.1) is 13.2 Å². The molecule has 0 saturated carbocycles. The van der Waals surface area contributed by atoms with Crippen LogP contribution in [0.5, 0.6) is 0 Å². The predicted octanol–water partition coefficient (Wildman–Crippen LogP) is 0.132. The molecule has 2 rings (SSSR count). The van der Waals surface area contributed by atoms with Gasteiger partial charge < -0.3 is 15.4 Å². The first-order chi connectivity index (χ1) is 7.90. The van der Waals surface area contributed by atoms with Crippen LogP contribution >= 0.6 is 0 Å². The van der Waals surface area contributed by atoms with E-state index in [9.17, 15) is 0 Å². The zero-order valence-corrected chi connectivity index (χ0v) is 10.2. The smallest absolute Gasteiger partial charge is 0.0594 e. The minimum atomic E-state index is 0.779. The Balaban J connectivity index is 1.66. The molecule has 0 spiro atoms. The van der Waals surface area contributed by atoms with Gasteiger partial charge in [-0.05, 0) is 38.9 Å². The Morgan fingerprint density at radius 3 is 2.69 bits per heavy atom. The van der Waals surface area contributed by atoms with Crippen molar-refractivity contribution in [3.8, 4) is 0 Å². The maximum absolute atomic E-state index is 5.52. The summed E-state index contributed by atoms with van der Waals surface area (Å²) in [7, 11) is 0. The van der Waals surface area contributed by atoms with E-state index >= 15 is 0 Å². The second-order valence-electron chi connectivity index (χ2n) is 4.89. The highest BCUT2D eigenvalue weighted by molar-refractivity contribution is 4.84. The van der Waals surface area contributed by atoms with Crippen LogP contribution in [0.4, 0.5) is 0 Å². The number of hydrogen-bond acceptors (Lipinski definition) is 4. The highest BCUT2D eigenvalue weighted by atomic mass is 16.5. The number of likely N-dealkylation sites (tertiary alicyclic amines) is 1. The third kappa shape index (κ3) is 3.42. The fraction of sp³-hybridized carbons (Fsp3) is 1.00. The summed E-state index contributed by atoms with van der Waals surface area (Å²) in [4.78, 5) is 5.20. The summed E-state index contributed by atoms with van der Waals surface area (Å²) in [5.74, 6) is 0. The molecule has 0 aromatic carbocycles. The highest BCUT2D eigenvalue weighted by Gasteiger charge is 2.27. The van der Waals surface area contributed by atoms with Crippen molar-refractivity contribution < 1.29 is 4.74 Å². The maximum atomic E-state index is 5.52. The van der Waals surface area contributed by atoms with E-state index in [2.05, 4.69) is 9.80 Å². The summed E-state index contributed by atoms with van der Waals surface area (Å²) in [6.07, 6.45) is 3.76. The van der Waals surface area contributed by atoms with Crippen LogP contribution in [0.2, 0.25) is 0 Å². The van der Waals surface area contributed by atoms with Crippen molar-refractivity contribution in [2.24, 2.45) is 5.73 Å². The zero-order chi connectivity index (χ0) is 11.2. The topological polar surface area (TPSA) is 41.7 Å². The lowest BCUT2D eigenvalue weighted by molar-refractivity contribution is 0.0185. The molecular weight excluding hydrogens is 202 g/mol. The number of rotatable bonds is 5. The molecule has 0 aliphatic carbocycles. The van der Waals surface area contributed by atoms with Gasteiger partial charge in [-0.1, -0.05) is 0 Å². The Labute approximate surface area is 98.7 Å². The fourth-order valence-electron chi connectivity index (χ4n) is 2.74. The molecule has 0 aromatic rings. The van der Waals surface area contributed by atoms with Crippen molar-refractivity contribution in [2.75, 3.05) is 52.5 Å². The number of nitrogens with two attached hydrogens (primary N) is 1. The van der Waals surface area contributed by atoms with Crippen LogP contribution in [-0.2, 0) is 4.74 Å². The van der Waals surface area contributed by atoms with E-state index in [0.29, 0.717) is 0 Å². The van der Waals surface area contributed by atoms with Crippen molar-refractivity contribution in [3.63, 3.8) is 0 Å². The lowest BCUT2D eigenvalue weighted by Gasteiger charge is -2.32. The molecule has 16 heavy (non-hydrogen) atoms. The second-order valence-corrected chi connectivity index (χ2v) is 4.89. The Bertz CT molecular complexity index is 195. The Morgan fingerprint density at radius 2 is 1.94 bits per heavy atom.